The second-order valence-electron chi connectivity index (χ2n) is 4.94. The zero-order valence-corrected chi connectivity index (χ0v) is 11.2. The molecule has 0 aliphatic heterocycles. The molecule has 0 saturated heterocycles. The quantitative estimate of drug-likeness (QED) is 0.698. The largest absolute Gasteiger partial charge is 0.334 e. The first-order valence-electron chi connectivity index (χ1n) is 6.35. The number of benzene rings is 1. The van der Waals surface area contributed by atoms with Crippen LogP contribution in [0.3, 0.4) is 0 Å². The number of hydrogen-bond acceptors (Lipinski definition) is 4. The lowest BCUT2D eigenvalue weighted by molar-refractivity contribution is 0.419. The fourth-order valence-corrected chi connectivity index (χ4v) is 2.07. The van der Waals surface area contributed by atoms with Gasteiger partial charge in [0.25, 0.3) is 5.89 Å². The molecule has 0 spiro atoms. The summed E-state index contributed by atoms with van der Waals surface area (Å²) in [4.78, 5) is 8.89. The van der Waals surface area contributed by atoms with Crippen LogP contribution in [0.2, 0.25) is 0 Å². The first kappa shape index (κ1) is 11.8. The number of aromatic nitrogens is 3. The molecule has 0 aliphatic rings. The van der Waals surface area contributed by atoms with Gasteiger partial charge in [-0.25, -0.2) is 0 Å². The minimum Gasteiger partial charge on any atom is -0.334 e. The second-order valence-corrected chi connectivity index (χ2v) is 4.94. The molecule has 19 heavy (non-hydrogen) atoms. The van der Waals surface area contributed by atoms with Gasteiger partial charge in [0, 0.05) is 17.5 Å². The molecule has 96 valence electrons. The molecule has 0 amide bonds. The number of fused-ring (bicyclic) bond motifs is 1. The Morgan fingerprint density at radius 2 is 2.00 bits per heavy atom. The predicted octanol–water partition coefficient (Wildman–Crippen LogP) is 3.72. The van der Waals surface area contributed by atoms with Crippen molar-refractivity contribution in [1.29, 1.82) is 0 Å². The van der Waals surface area contributed by atoms with Crippen molar-refractivity contribution in [3.63, 3.8) is 0 Å². The minimum atomic E-state index is 0.252. The number of aryl methyl sites for hydroxylation is 1. The van der Waals surface area contributed by atoms with Crippen molar-refractivity contribution in [2.45, 2.75) is 26.7 Å². The van der Waals surface area contributed by atoms with E-state index in [2.05, 4.69) is 34.2 Å². The number of nitrogens with zero attached hydrogens (tertiary/aromatic N) is 3. The van der Waals surface area contributed by atoms with Crippen LogP contribution in [-0.2, 0) is 0 Å². The van der Waals surface area contributed by atoms with E-state index in [4.69, 9.17) is 4.52 Å². The van der Waals surface area contributed by atoms with Crippen LogP contribution in [0, 0.1) is 6.92 Å². The first-order chi connectivity index (χ1) is 9.16. The summed E-state index contributed by atoms with van der Waals surface area (Å²) >= 11 is 0. The van der Waals surface area contributed by atoms with Crippen LogP contribution in [0.4, 0.5) is 0 Å². The summed E-state index contributed by atoms with van der Waals surface area (Å²) in [6, 6.07) is 8.04. The third-order valence-electron chi connectivity index (χ3n) is 3.18. The van der Waals surface area contributed by atoms with Gasteiger partial charge in [-0.1, -0.05) is 31.1 Å². The number of rotatable bonds is 2. The summed E-state index contributed by atoms with van der Waals surface area (Å²) in [5.41, 5.74) is 2.98. The smallest absolute Gasteiger partial charge is 0.260 e. The van der Waals surface area contributed by atoms with Crippen molar-refractivity contribution < 1.29 is 4.52 Å². The lowest BCUT2D eigenvalue weighted by atomic mass is 10.0. The summed E-state index contributed by atoms with van der Waals surface area (Å²) < 4.78 is 5.36. The molecule has 0 fully saturated rings. The number of hydrogen-bond donors (Lipinski definition) is 0. The summed E-state index contributed by atoms with van der Waals surface area (Å²) in [5, 5.41) is 5.12. The summed E-state index contributed by atoms with van der Waals surface area (Å²) in [6.45, 7) is 6.15. The fraction of sp³-hybridized carbons (Fsp3) is 0.267. The van der Waals surface area contributed by atoms with Gasteiger partial charge in [-0.2, -0.15) is 4.98 Å². The molecule has 3 aromatic rings. The average molecular weight is 253 g/mol. The molecule has 0 saturated carbocycles. The third kappa shape index (κ3) is 1.99. The van der Waals surface area contributed by atoms with Crippen LogP contribution in [0.5, 0.6) is 0 Å². The van der Waals surface area contributed by atoms with Crippen LogP contribution in [0.15, 0.2) is 35.0 Å². The highest BCUT2D eigenvalue weighted by Crippen LogP contribution is 2.28. The van der Waals surface area contributed by atoms with E-state index in [-0.39, 0.29) is 5.92 Å². The summed E-state index contributed by atoms with van der Waals surface area (Å²) in [6.07, 6.45) is 1.78. The Morgan fingerprint density at radius 1 is 1.16 bits per heavy atom. The van der Waals surface area contributed by atoms with E-state index < -0.39 is 0 Å². The molecule has 3 rings (SSSR count). The lowest BCUT2D eigenvalue weighted by Gasteiger charge is -2.04. The van der Waals surface area contributed by atoms with Crippen LogP contribution in [0.1, 0.15) is 31.2 Å². The highest BCUT2D eigenvalue weighted by Gasteiger charge is 2.15. The zero-order valence-electron chi connectivity index (χ0n) is 11.2. The molecule has 0 unspecified atom stereocenters. The van der Waals surface area contributed by atoms with Crippen molar-refractivity contribution in [3.05, 3.63) is 41.9 Å². The van der Waals surface area contributed by atoms with Gasteiger partial charge in [-0.05, 0) is 24.6 Å². The Labute approximate surface area is 111 Å². The third-order valence-corrected chi connectivity index (χ3v) is 3.18. The van der Waals surface area contributed by atoms with Gasteiger partial charge < -0.3 is 4.52 Å². The van der Waals surface area contributed by atoms with Crippen molar-refractivity contribution in [2.24, 2.45) is 0 Å². The Hall–Kier alpha value is -2.23. The van der Waals surface area contributed by atoms with E-state index in [1.165, 1.54) is 5.56 Å². The summed E-state index contributed by atoms with van der Waals surface area (Å²) in [5.74, 6) is 1.51. The Balaban J connectivity index is 2.22. The van der Waals surface area contributed by atoms with E-state index in [9.17, 15) is 0 Å². The van der Waals surface area contributed by atoms with Gasteiger partial charge in [-0.15, -0.1) is 0 Å². The minimum absolute atomic E-state index is 0.252. The fourth-order valence-electron chi connectivity index (χ4n) is 2.07. The molecule has 1 aromatic carbocycles. The highest BCUT2D eigenvalue weighted by molar-refractivity contribution is 5.93. The zero-order chi connectivity index (χ0) is 13.4. The molecule has 2 aromatic heterocycles. The lowest BCUT2D eigenvalue weighted by Crippen LogP contribution is -1.90. The van der Waals surface area contributed by atoms with Crippen LogP contribution < -0.4 is 0 Å². The van der Waals surface area contributed by atoms with Gasteiger partial charge in [0.15, 0.2) is 5.82 Å². The van der Waals surface area contributed by atoms with E-state index in [1.807, 2.05) is 26.0 Å². The van der Waals surface area contributed by atoms with Crippen molar-refractivity contribution >= 4 is 10.9 Å². The first-order valence-corrected chi connectivity index (χ1v) is 6.35. The average Bonchev–Trinajstić information content (AvgIpc) is 2.89. The van der Waals surface area contributed by atoms with Gasteiger partial charge in [0.05, 0.1) is 11.1 Å². The molecule has 4 heteroatoms. The van der Waals surface area contributed by atoms with Crippen LogP contribution >= 0.6 is 0 Å². The maximum Gasteiger partial charge on any atom is 0.260 e. The number of pyridine rings is 1. The van der Waals surface area contributed by atoms with E-state index in [1.54, 1.807) is 6.20 Å². The SMILES string of the molecule is Cc1ccc(-c2nc(C(C)C)no2)c2ncccc12. The topological polar surface area (TPSA) is 51.8 Å². The molecule has 0 atom stereocenters. The van der Waals surface area contributed by atoms with Gasteiger partial charge in [0.1, 0.15) is 0 Å². The Morgan fingerprint density at radius 3 is 2.74 bits per heavy atom. The maximum atomic E-state index is 5.36. The van der Waals surface area contributed by atoms with E-state index in [0.29, 0.717) is 5.89 Å². The standard InChI is InChI=1S/C15H15N3O/c1-9(2)14-17-15(19-18-14)12-7-6-10(3)11-5-4-8-16-13(11)12/h4-9H,1-3H3. The molecule has 2 heterocycles. The maximum absolute atomic E-state index is 5.36. The molecular weight excluding hydrogens is 238 g/mol. The molecule has 0 radical (unpaired) electrons. The summed E-state index contributed by atoms with van der Waals surface area (Å²) in [7, 11) is 0. The molecular formula is C15H15N3O. The molecule has 0 N–H and O–H groups in total. The van der Waals surface area contributed by atoms with E-state index in [0.717, 1.165) is 22.3 Å². The van der Waals surface area contributed by atoms with Crippen molar-refractivity contribution in [1.82, 2.24) is 15.1 Å². The van der Waals surface area contributed by atoms with Gasteiger partial charge in [0.2, 0.25) is 0 Å². The van der Waals surface area contributed by atoms with Crippen LogP contribution in [0.25, 0.3) is 22.4 Å². The molecule has 0 bridgehead atoms. The van der Waals surface area contributed by atoms with Crippen molar-refractivity contribution in [2.75, 3.05) is 0 Å². The van der Waals surface area contributed by atoms with E-state index >= 15 is 0 Å². The monoisotopic (exact) mass is 253 g/mol. The van der Waals surface area contributed by atoms with Gasteiger partial charge in [-0.3, -0.25) is 4.98 Å². The highest BCUT2D eigenvalue weighted by atomic mass is 16.5. The normalized spacial score (nSPS) is 11.4. The van der Waals surface area contributed by atoms with Crippen molar-refractivity contribution in [3.8, 4) is 11.5 Å². The predicted molar refractivity (Wildman–Crippen MR) is 73.9 cm³/mol. The molecule has 0 aliphatic carbocycles. The Bertz CT molecular complexity index is 731. The van der Waals surface area contributed by atoms with Crippen LogP contribution in [-0.4, -0.2) is 15.1 Å². The van der Waals surface area contributed by atoms with Gasteiger partial charge >= 0.3 is 0 Å². The second kappa shape index (κ2) is 4.46. The molecule has 4 nitrogen and oxygen atoms in total. The Kier molecular flexibility index (Phi) is 2.78.